The van der Waals surface area contributed by atoms with Gasteiger partial charge in [0.25, 0.3) is 0 Å². The molecule has 0 aliphatic heterocycles. The number of para-hydroxylation sites is 1. The lowest BCUT2D eigenvalue weighted by atomic mass is 9.87. The van der Waals surface area contributed by atoms with Crippen LogP contribution in [0.3, 0.4) is 0 Å². The summed E-state index contributed by atoms with van der Waals surface area (Å²) in [5.41, 5.74) is 2.86. The maximum atomic E-state index is 7.88. The van der Waals surface area contributed by atoms with Gasteiger partial charge in [-0.3, -0.25) is 0 Å². The molecular weight excluding hydrogens is 246 g/mol. The van der Waals surface area contributed by atoms with E-state index >= 15 is 0 Å². The van der Waals surface area contributed by atoms with Gasteiger partial charge in [-0.15, -0.1) is 4.57 Å². The van der Waals surface area contributed by atoms with Crippen molar-refractivity contribution in [1.82, 2.24) is 0 Å². The molecule has 106 valence electrons. The van der Waals surface area contributed by atoms with E-state index in [1.54, 1.807) is 4.57 Å². The van der Waals surface area contributed by atoms with Gasteiger partial charge in [0.05, 0.1) is 6.85 Å². The van der Waals surface area contributed by atoms with Gasteiger partial charge in [0, 0.05) is 28.6 Å². The van der Waals surface area contributed by atoms with Gasteiger partial charge in [-0.25, -0.2) is 0 Å². The van der Waals surface area contributed by atoms with Gasteiger partial charge in [0.1, 0.15) is 0 Å². The van der Waals surface area contributed by atoms with Crippen molar-refractivity contribution >= 4 is 0 Å². The third kappa shape index (κ3) is 2.28. The lowest BCUT2D eigenvalue weighted by Crippen LogP contribution is -2.35. The maximum Gasteiger partial charge on any atom is 0.350 e. The number of rotatable bonds is 2. The molecule has 1 heterocycles. The summed E-state index contributed by atoms with van der Waals surface area (Å²) >= 11 is 0. The van der Waals surface area contributed by atoms with Crippen LogP contribution in [0, 0.1) is 20.7 Å². The molecule has 2 aromatic rings. The van der Waals surface area contributed by atoms with Crippen LogP contribution in [0.25, 0.3) is 5.69 Å². The Labute approximate surface area is 125 Å². The summed E-state index contributed by atoms with van der Waals surface area (Å²) in [6.45, 7) is 1.72. The second-order valence-corrected chi connectivity index (χ2v) is 5.81. The summed E-state index contributed by atoms with van der Waals surface area (Å²) in [6.07, 6.45) is 5.82. The third-order valence-electron chi connectivity index (χ3n) is 4.43. The summed E-state index contributed by atoms with van der Waals surface area (Å²) in [4.78, 5) is 0. The van der Waals surface area contributed by atoms with Gasteiger partial charge < -0.3 is 4.42 Å². The molecule has 0 amide bonds. The summed E-state index contributed by atoms with van der Waals surface area (Å²) in [6, 6.07) is 7.85. The number of oxazole rings is 1. The second kappa shape index (κ2) is 5.43. The van der Waals surface area contributed by atoms with Gasteiger partial charge in [-0.2, -0.15) is 0 Å². The second-order valence-electron chi connectivity index (χ2n) is 5.81. The zero-order valence-electron chi connectivity index (χ0n) is 15.3. The number of benzene rings is 1. The molecule has 0 radical (unpaired) electrons. The van der Waals surface area contributed by atoms with Gasteiger partial charge in [0.15, 0.2) is 5.76 Å². The van der Waals surface area contributed by atoms with Crippen LogP contribution in [0.4, 0.5) is 0 Å². The smallest absolute Gasteiger partial charge is 0.350 e. The molecule has 1 aliphatic rings. The maximum absolute atomic E-state index is 7.88. The van der Waals surface area contributed by atoms with Crippen LogP contribution in [0.2, 0.25) is 0 Å². The molecule has 1 fully saturated rings. The largest absolute Gasteiger partial charge is 0.406 e. The van der Waals surface area contributed by atoms with E-state index in [-0.39, 0.29) is 5.89 Å². The van der Waals surface area contributed by atoms with Crippen molar-refractivity contribution < 1.29 is 13.1 Å². The number of nitrogens with zero attached hydrogens (tertiary/aromatic N) is 1. The summed E-state index contributed by atoms with van der Waals surface area (Å²) < 4.78 is 31.4. The van der Waals surface area contributed by atoms with Crippen LogP contribution in [0.5, 0.6) is 0 Å². The molecule has 1 saturated carbocycles. The Morgan fingerprint density at radius 3 is 2.60 bits per heavy atom. The van der Waals surface area contributed by atoms with Gasteiger partial charge >= 0.3 is 5.89 Å². The van der Waals surface area contributed by atoms with Crippen molar-refractivity contribution in [2.75, 3.05) is 0 Å². The highest BCUT2D eigenvalue weighted by molar-refractivity contribution is 5.33. The zero-order valence-corrected chi connectivity index (χ0v) is 12.3. The van der Waals surface area contributed by atoms with Crippen LogP contribution in [0.1, 0.15) is 65.0 Å². The standard InChI is InChI=1S/C18H24NO/c1-13-9-7-8-12-17(13)19-14(2)18(20-15(19)3)16-10-5-4-6-11-16/h7-9,12,16H,4-6,10-11H2,1-3H3/q+1/i3D3. The third-order valence-corrected chi connectivity index (χ3v) is 4.43. The lowest BCUT2D eigenvalue weighted by Gasteiger charge is -2.18. The highest BCUT2D eigenvalue weighted by Gasteiger charge is 2.31. The van der Waals surface area contributed by atoms with Crippen LogP contribution in [-0.4, -0.2) is 0 Å². The Balaban J connectivity index is 2.17. The fraction of sp³-hybridized carbons (Fsp3) is 0.500. The first-order valence-electron chi connectivity index (χ1n) is 9.01. The molecule has 0 spiro atoms. The predicted molar refractivity (Wildman–Crippen MR) is 80.3 cm³/mol. The monoisotopic (exact) mass is 273 g/mol. The number of aromatic nitrogens is 1. The quantitative estimate of drug-likeness (QED) is 0.735. The minimum Gasteiger partial charge on any atom is -0.406 e. The van der Waals surface area contributed by atoms with Crippen LogP contribution in [-0.2, 0) is 0 Å². The first-order chi connectivity index (χ1) is 10.9. The molecule has 2 heteroatoms. The first kappa shape index (κ1) is 10.2. The minimum absolute atomic E-state index is 0.0740. The van der Waals surface area contributed by atoms with Crippen LogP contribution >= 0.6 is 0 Å². The molecule has 2 nitrogen and oxygen atoms in total. The lowest BCUT2D eigenvalue weighted by molar-refractivity contribution is -0.613. The van der Waals surface area contributed by atoms with E-state index in [4.69, 9.17) is 8.53 Å². The van der Waals surface area contributed by atoms with E-state index in [2.05, 4.69) is 0 Å². The molecule has 0 saturated heterocycles. The van der Waals surface area contributed by atoms with Crippen molar-refractivity contribution in [2.24, 2.45) is 0 Å². The molecule has 20 heavy (non-hydrogen) atoms. The van der Waals surface area contributed by atoms with E-state index in [1.165, 1.54) is 19.3 Å². The summed E-state index contributed by atoms with van der Waals surface area (Å²) in [5, 5.41) is 0. The van der Waals surface area contributed by atoms with Crippen molar-refractivity contribution in [3.63, 3.8) is 0 Å². The molecule has 1 aliphatic carbocycles. The zero-order chi connectivity index (χ0) is 16.6. The SMILES string of the molecule is [2H]C([2H])([2H])c1oc(C2CCCCC2)c(C)[n+]1-c1ccccc1C. The van der Waals surface area contributed by atoms with Gasteiger partial charge in [-0.05, 0) is 19.8 Å². The van der Waals surface area contributed by atoms with Gasteiger partial charge in [-0.1, -0.05) is 37.5 Å². The molecule has 1 aromatic carbocycles. The fourth-order valence-electron chi connectivity index (χ4n) is 3.33. The Bertz CT molecular complexity index is 697. The van der Waals surface area contributed by atoms with Crippen LogP contribution < -0.4 is 4.57 Å². The Morgan fingerprint density at radius 1 is 1.15 bits per heavy atom. The topological polar surface area (TPSA) is 17.0 Å². The molecule has 0 unspecified atom stereocenters. The van der Waals surface area contributed by atoms with E-state index in [1.807, 2.05) is 38.1 Å². The predicted octanol–water partition coefficient (Wildman–Crippen LogP) is 4.53. The summed E-state index contributed by atoms with van der Waals surface area (Å²) in [5.74, 6) is 1.28. The number of hydrogen-bond acceptors (Lipinski definition) is 1. The van der Waals surface area contributed by atoms with Crippen molar-refractivity contribution in [3.8, 4) is 5.69 Å². The average molecular weight is 273 g/mol. The van der Waals surface area contributed by atoms with E-state index < -0.39 is 6.85 Å². The Morgan fingerprint density at radius 2 is 1.90 bits per heavy atom. The first-order valence-corrected chi connectivity index (χ1v) is 7.51. The summed E-state index contributed by atoms with van der Waals surface area (Å²) in [7, 11) is 0. The van der Waals surface area contributed by atoms with Crippen molar-refractivity contribution in [2.45, 2.75) is 58.7 Å². The van der Waals surface area contributed by atoms with Crippen LogP contribution in [0.15, 0.2) is 28.7 Å². The molecule has 0 bridgehead atoms. The van der Waals surface area contributed by atoms with Gasteiger partial charge in [0.2, 0.25) is 11.4 Å². The van der Waals surface area contributed by atoms with E-state index in [0.29, 0.717) is 5.92 Å². The van der Waals surface area contributed by atoms with Crippen molar-refractivity contribution in [1.29, 1.82) is 0 Å². The van der Waals surface area contributed by atoms with E-state index in [9.17, 15) is 0 Å². The number of hydrogen-bond donors (Lipinski definition) is 0. The Kier molecular flexibility index (Phi) is 2.77. The average Bonchev–Trinajstić information content (AvgIpc) is 2.86. The minimum atomic E-state index is -2.26. The number of aryl methyl sites for hydroxylation is 2. The molecule has 0 atom stereocenters. The normalized spacial score (nSPS) is 19.4. The fourth-order valence-corrected chi connectivity index (χ4v) is 3.33. The Hall–Kier alpha value is -1.57. The molecule has 0 N–H and O–H groups in total. The molecule has 3 rings (SSSR count). The highest BCUT2D eigenvalue weighted by atomic mass is 16.4. The molecule has 1 aromatic heterocycles. The van der Waals surface area contributed by atoms with Crippen molar-refractivity contribution in [3.05, 3.63) is 47.2 Å². The van der Waals surface area contributed by atoms with E-state index in [0.717, 1.165) is 35.5 Å². The highest BCUT2D eigenvalue weighted by Crippen LogP contribution is 2.34. The molecular formula is C18H24NO+.